The molecule has 0 radical (unpaired) electrons. The van der Waals surface area contributed by atoms with Crippen LogP contribution < -0.4 is 16.0 Å². The summed E-state index contributed by atoms with van der Waals surface area (Å²) in [5, 5.41) is 11.1. The molecule has 2 aromatic rings. The topological polar surface area (TPSA) is 68.8 Å². The van der Waals surface area contributed by atoms with E-state index in [1.807, 2.05) is 36.4 Å². The highest BCUT2D eigenvalue weighted by Crippen LogP contribution is 2.22. The zero-order valence-corrected chi connectivity index (χ0v) is 21.0. The standard InChI is InChI=1S/C26H33Cl2N5O/c27-21-9-6-19(24(28)18-21)12-13-30-25(34)20-7-10-23(11-8-20)32-26(33-16-14-29-15-17-33)31-22-4-2-1-3-5-22/h6-11,18,22,29H,1-5,12-17H2,(H,30,34)(H,31,32). The van der Waals surface area contributed by atoms with E-state index in [1.165, 1.54) is 19.3 Å². The third kappa shape index (κ3) is 7.11. The molecule has 0 unspecified atom stereocenters. The van der Waals surface area contributed by atoms with E-state index in [4.69, 9.17) is 28.2 Å². The number of hydrogen-bond donors (Lipinski definition) is 3. The van der Waals surface area contributed by atoms with Crippen molar-refractivity contribution in [2.45, 2.75) is 44.6 Å². The number of anilines is 1. The lowest BCUT2D eigenvalue weighted by molar-refractivity contribution is 0.0954. The molecule has 1 heterocycles. The van der Waals surface area contributed by atoms with Crippen LogP contribution >= 0.6 is 23.2 Å². The van der Waals surface area contributed by atoms with Gasteiger partial charge in [0, 0.05) is 54.0 Å². The number of benzene rings is 2. The van der Waals surface area contributed by atoms with Crippen LogP contribution in [0.25, 0.3) is 0 Å². The van der Waals surface area contributed by atoms with Crippen LogP contribution in [0.15, 0.2) is 47.5 Å². The third-order valence-corrected chi connectivity index (χ3v) is 6.98. The van der Waals surface area contributed by atoms with Crippen LogP contribution in [0.5, 0.6) is 0 Å². The van der Waals surface area contributed by atoms with Gasteiger partial charge in [-0.2, -0.15) is 0 Å². The number of hydrogen-bond acceptors (Lipinski definition) is 3. The Morgan fingerprint density at radius 3 is 2.47 bits per heavy atom. The van der Waals surface area contributed by atoms with Gasteiger partial charge in [-0.1, -0.05) is 48.5 Å². The fourth-order valence-electron chi connectivity index (χ4n) is 4.42. The van der Waals surface area contributed by atoms with E-state index in [0.717, 1.165) is 56.2 Å². The van der Waals surface area contributed by atoms with Crippen molar-refractivity contribution in [3.63, 3.8) is 0 Å². The molecule has 2 fully saturated rings. The first kappa shape index (κ1) is 24.8. The summed E-state index contributed by atoms with van der Waals surface area (Å²) in [4.78, 5) is 20.0. The maximum Gasteiger partial charge on any atom is 0.251 e. The number of amides is 1. The molecule has 1 amide bonds. The van der Waals surface area contributed by atoms with Gasteiger partial charge in [-0.15, -0.1) is 0 Å². The summed E-state index contributed by atoms with van der Waals surface area (Å²) in [6.07, 6.45) is 6.81. The van der Waals surface area contributed by atoms with E-state index in [-0.39, 0.29) is 5.91 Å². The molecule has 2 aliphatic rings. The Bertz CT molecular complexity index is 983. The SMILES string of the molecule is O=C(NCCc1ccc(Cl)cc1Cl)c1ccc(NC(=NC2CCCCC2)N2CCNCC2)cc1. The Kier molecular flexibility index (Phi) is 9.08. The number of aliphatic imine (C=N–C) groups is 1. The van der Waals surface area contributed by atoms with Crippen molar-refractivity contribution in [3.05, 3.63) is 63.6 Å². The summed E-state index contributed by atoms with van der Waals surface area (Å²) in [7, 11) is 0. The average Bonchev–Trinajstić information content (AvgIpc) is 2.86. The number of carbonyl (C=O) groups excluding carboxylic acids is 1. The predicted octanol–water partition coefficient (Wildman–Crippen LogP) is 4.97. The Balaban J connectivity index is 1.35. The highest BCUT2D eigenvalue weighted by Gasteiger charge is 2.19. The molecule has 1 saturated heterocycles. The van der Waals surface area contributed by atoms with Gasteiger partial charge in [0.25, 0.3) is 5.91 Å². The first-order chi connectivity index (χ1) is 16.6. The second-order valence-corrected chi connectivity index (χ2v) is 9.77. The average molecular weight is 502 g/mol. The van der Waals surface area contributed by atoms with Crippen molar-refractivity contribution in [2.24, 2.45) is 4.99 Å². The molecule has 0 atom stereocenters. The van der Waals surface area contributed by atoms with E-state index >= 15 is 0 Å². The minimum Gasteiger partial charge on any atom is -0.352 e. The number of carbonyl (C=O) groups is 1. The van der Waals surface area contributed by atoms with Gasteiger partial charge in [0.05, 0.1) is 6.04 Å². The van der Waals surface area contributed by atoms with Gasteiger partial charge in [0.15, 0.2) is 5.96 Å². The summed E-state index contributed by atoms with van der Waals surface area (Å²) >= 11 is 12.2. The molecule has 1 saturated carbocycles. The van der Waals surface area contributed by atoms with E-state index < -0.39 is 0 Å². The van der Waals surface area contributed by atoms with Crippen molar-refractivity contribution in [1.29, 1.82) is 0 Å². The molecule has 6 nitrogen and oxygen atoms in total. The maximum absolute atomic E-state index is 12.6. The Labute approximate surface area is 212 Å². The summed E-state index contributed by atoms with van der Waals surface area (Å²) in [6, 6.07) is 13.4. The number of nitrogens with zero attached hydrogens (tertiary/aromatic N) is 2. The smallest absolute Gasteiger partial charge is 0.251 e. The van der Waals surface area contributed by atoms with Crippen molar-refractivity contribution < 1.29 is 4.79 Å². The van der Waals surface area contributed by atoms with Gasteiger partial charge in [-0.3, -0.25) is 4.79 Å². The largest absolute Gasteiger partial charge is 0.352 e. The molecule has 0 bridgehead atoms. The number of rotatable bonds is 6. The van der Waals surface area contributed by atoms with E-state index in [2.05, 4.69) is 20.9 Å². The molecule has 2 aromatic carbocycles. The molecule has 3 N–H and O–H groups in total. The molecule has 4 rings (SSSR count). The number of halogens is 2. The molecular weight excluding hydrogens is 469 g/mol. The van der Waals surface area contributed by atoms with Crippen LogP contribution in [-0.2, 0) is 6.42 Å². The van der Waals surface area contributed by atoms with Crippen molar-refractivity contribution in [1.82, 2.24) is 15.5 Å². The summed E-state index contributed by atoms with van der Waals surface area (Å²) in [5.74, 6) is 0.847. The molecule has 182 valence electrons. The lowest BCUT2D eigenvalue weighted by Gasteiger charge is -2.32. The van der Waals surface area contributed by atoms with Crippen LogP contribution in [0.3, 0.4) is 0 Å². The Hall–Kier alpha value is -2.28. The Morgan fingerprint density at radius 2 is 1.76 bits per heavy atom. The van der Waals surface area contributed by atoms with Crippen molar-refractivity contribution in [2.75, 3.05) is 38.0 Å². The normalized spacial score (nSPS) is 17.5. The second kappa shape index (κ2) is 12.4. The van der Waals surface area contributed by atoms with Crippen LogP contribution in [0.4, 0.5) is 5.69 Å². The van der Waals surface area contributed by atoms with Crippen LogP contribution in [0.2, 0.25) is 10.0 Å². The second-order valence-electron chi connectivity index (χ2n) is 8.93. The summed E-state index contributed by atoms with van der Waals surface area (Å²) in [5.41, 5.74) is 2.53. The fraction of sp³-hybridized carbons (Fsp3) is 0.462. The number of guanidine groups is 1. The molecule has 1 aliphatic heterocycles. The van der Waals surface area contributed by atoms with E-state index in [9.17, 15) is 4.79 Å². The zero-order valence-electron chi connectivity index (χ0n) is 19.5. The van der Waals surface area contributed by atoms with Crippen LogP contribution in [0, 0.1) is 0 Å². The van der Waals surface area contributed by atoms with Gasteiger partial charge in [0.1, 0.15) is 0 Å². The first-order valence-electron chi connectivity index (χ1n) is 12.2. The highest BCUT2D eigenvalue weighted by atomic mass is 35.5. The lowest BCUT2D eigenvalue weighted by Crippen LogP contribution is -2.49. The van der Waals surface area contributed by atoms with Gasteiger partial charge in [-0.25, -0.2) is 4.99 Å². The minimum absolute atomic E-state index is 0.102. The van der Waals surface area contributed by atoms with Gasteiger partial charge in [0.2, 0.25) is 0 Å². The Morgan fingerprint density at radius 1 is 1.03 bits per heavy atom. The molecule has 0 aromatic heterocycles. The molecule has 0 spiro atoms. The minimum atomic E-state index is -0.102. The number of piperazine rings is 1. The van der Waals surface area contributed by atoms with Gasteiger partial charge < -0.3 is 20.9 Å². The molecule has 8 heteroatoms. The first-order valence-corrected chi connectivity index (χ1v) is 13.0. The summed E-state index contributed by atoms with van der Waals surface area (Å²) < 4.78 is 0. The van der Waals surface area contributed by atoms with Crippen molar-refractivity contribution in [3.8, 4) is 0 Å². The highest BCUT2D eigenvalue weighted by molar-refractivity contribution is 6.35. The molecule has 34 heavy (non-hydrogen) atoms. The molecule has 1 aliphatic carbocycles. The van der Waals surface area contributed by atoms with Gasteiger partial charge in [-0.05, 0) is 61.2 Å². The zero-order chi connectivity index (χ0) is 23.8. The lowest BCUT2D eigenvalue weighted by atomic mass is 9.96. The summed E-state index contributed by atoms with van der Waals surface area (Å²) in [6.45, 7) is 4.31. The van der Waals surface area contributed by atoms with Gasteiger partial charge >= 0.3 is 0 Å². The van der Waals surface area contributed by atoms with E-state index in [1.54, 1.807) is 6.07 Å². The monoisotopic (exact) mass is 501 g/mol. The van der Waals surface area contributed by atoms with Crippen molar-refractivity contribution >= 4 is 40.8 Å². The fourth-order valence-corrected chi connectivity index (χ4v) is 4.93. The quantitative estimate of drug-likeness (QED) is 0.386. The predicted molar refractivity (Wildman–Crippen MR) is 141 cm³/mol. The molecular formula is C26H33Cl2N5O. The van der Waals surface area contributed by atoms with E-state index in [0.29, 0.717) is 34.6 Å². The van der Waals surface area contributed by atoms with Crippen LogP contribution in [0.1, 0.15) is 48.0 Å². The van der Waals surface area contributed by atoms with Crippen LogP contribution in [-0.4, -0.2) is 55.5 Å². The number of nitrogens with one attached hydrogen (secondary N) is 3. The maximum atomic E-state index is 12.6. The third-order valence-electron chi connectivity index (χ3n) is 6.39.